The van der Waals surface area contributed by atoms with Crippen LogP contribution in [0.15, 0.2) is 46.9 Å². The second-order valence-electron chi connectivity index (χ2n) is 6.11. The standard InChI is InChI=1S/C18H17N3O5/c22-15-10-19-17(23)13-11-20(8-9-21(13)15)18(24)14-6-7-16(26-14)25-12-4-2-1-3-5-12/h1-7,13H,8-11H2,(H,19,23)/t13-/m1/s1. The number of furan rings is 1. The predicted octanol–water partition coefficient (Wildman–Crippen LogP) is 0.855. The van der Waals surface area contributed by atoms with E-state index in [1.807, 2.05) is 18.2 Å². The Morgan fingerprint density at radius 3 is 2.73 bits per heavy atom. The van der Waals surface area contributed by atoms with E-state index >= 15 is 0 Å². The molecule has 0 bridgehead atoms. The highest BCUT2D eigenvalue weighted by Crippen LogP contribution is 2.25. The molecule has 2 fully saturated rings. The van der Waals surface area contributed by atoms with E-state index in [4.69, 9.17) is 9.15 Å². The van der Waals surface area contributed by atoms with E-state index in [-0.39, 0.29) is 42.5 Å². The summed E-state index contributed by atoms with van der Waals surface area (Å²) in [6.45, 7) is 0.842. The Balaban J connectivity index is 1.45. The van der Waals surface area contributed by atoms with E-state index in [2.05, 4.69) is 5.32 Å². The second kappa shape index (κ2) is 6.55. The molecule has 8 heteroatoms. The normalized spacial score (nSPS) is 19.8. The summed E-state index contributed by atoms with van der Waals surface area (Å²) in [6, 6.07) is 11.6. The van der Waals surface area contributed by atoms with Crippen molar-refractivity contribution in [2.45, 2.75) is 6.04 Å². The van der Waals surface area contributed by atoms with Crippen molar-refractivity contribution < 1.29 is 23.5 Å². The third-order valence-electron chi connectivity index (χ3n) is 4.46. The highest BCUT2D eigenvalue weighted by molar-refractivity contribution is 5.97. The van der Waals surface area contributed by atoms with Crippen molar-refractivity contribution in [2.75, 3.05) is 26.2 Å². The maximum absolute atomic E-state index is 12.7. The number of benzene rings is 1. The molecule has 26 heavy (non-hydrogen) atoms. The molecule has 1 atom stereocenters. The van der Waals surface area contributed by atoms with E-state index in [0.717, 1.165) is 0 Å². The zero-order valence-electron chi connectivity index (χ0n) is 13.9. The van der Waals surface area contributed by atoms with Gasteiger partial charge in [-0.05, 0) is 18.2 Å². The van der Waals surface area contributed by atoms with Crippen LogP contribution in [0.5, 0.6) is 11.7 Å². The Morgan fingerprint density at radius 1 is 1.12 bits per heavy atom. The SMILES string of the molecule is O=C1NCC(=O)N2CCN(C(=O)c3ccc(Oc4ccccc4)o3)C[C@H]12. The molecule has 0 unspecified atom stereocenters. The van der Waals surface area contributed by atoms with Crippen LogP contribution in [0.25, 0.3) is 0 Å². The number of rotatable bonds is 3. The molecule has 2 saturated heterocycles. The van der Waals surface area contributed by atoms with E-state index in [1.165, 1.54) is 9.80 Å². The van der Waals surface area contributed by atoms with Gasteiger partial charge in [0.25, 0.3) is 11.9 Å². The molecule has 0 saturated carbocycles. The number of carbonyl (C=O) groups is 3. The molecule has 134 valence electrons. The lowest BCUT2D eigenvalue weighted by atomic mass is 10.1. The molecule has 0 radical (unpaired) electrons. The summed E-state index contributed by atoms with van der Waals surface area (Å²) in [7, 11) is 0. The lowest BCUT2D eigenvalue weighted by Gasteiger charge is -2.42. The fourth-order valence-electron chi connectivity index (χ4n) is 3.12. The van der Waals surface area contributed by atoms with Gasteiger partial charge in [0, 0.05) is 19.2 Å². The van der Waals surface area contributed by atoms with Gasteiger partial charge in [-0.1, -0.05) is 18.2 Å². The Morgan fingerprint density at radius 2 is 1.92 bits per heavy atom. The number of ether oxygens (including phenoxy) is 1. The monoisotopic (exact) mass is 355 g/mol. The first-order valence-corrected chi connectivity index (χ1v) is 8.31. The molecule has 8 nitrogen and oxygen atoms in total. The number of para-hydroxylation sites is 1. The summed E-state index contributed by atoms with van der Waals surface area (Å²) in [5, 5.41) is 2.55. The van der Waals surface area contributed by atoms with Gasteiger partial charge in [-0.25, -0.2) is 0 Å². The third-order valence-corrected chi connectivity index (χ3v) is 4.46. The molecular weight excluding hydrogens is 338 g/mol. The molecule has 3 heterocycles. The summed E-state index contributed by atoms with van der Waals surface area (Å²) in [5.41, 5.74) is 0. The van der Waals surface area contributed by atoms with Gasteiger partial charge in [0.2, 0.25) is 11.8 Å². The Kier molecular flexibility index (Phi) is 4.08. The topological polar surface area (TPSA) is 92.1 Å². The zero-order valence-corrected chi connectivity index (χ0v) is 13.9. The van der Waals surface area contributed by atoms with Gasteiger partial charge >= 0.3 is 0 Å². The van der Waals surface area contributed by atoms with Gasteiger partial charge in [-0.2, -0.15) is 0 Å². The summed E-state index contributed by atoms with van der Waals surface area (Å²) < 4.78 is 11.1. The molecule has 0 aliphatic carbocycles. The lowest BCUT2D eigenvalue weighted by Crippen LogP contribution is -2.66. The maximum atomic E-state index is 12.7. The van der Waals surface area contributed by atoms with Crippen molar-refractivity contribution >= 4 is 17.7 Å². The molecule has 2 aliphatic heterocycles. The average molecular weight is 355 g/mol. The van der Waals surface area contributed by atoms with Crippen LogP contribution in [-0.2, 0) is 9.59 Å². The Bertz CT molecular complexity index is 848. The Hall–Kier alpha value is -3.29. The summed E-state index contributed by atoms with van der Waals surface area (Å²) in [6.07, 6.45) is 0. The molecule has 0 spiro atoms. The first-order valence-electron chi connectivity index (χ1n) is 8.31. The molecule has 3 amide bonds. The molecular formula is C18H17N3O5. The number of nitrogens with zero attached hydrogens (tertiary/aromatic N) is 2. The minimum absolute atomic E-state index is 0.0155. The largest absolute Gasteiger partial charge is 0.426 e. The minimum atomic E-state index is -0.649. The quantitative estimate of drug-likeness (QED) is 0.881. The van der Waals surface area contributed by atoms with Gasteiger partial charge in [0.05, 0.1) is 13.1 Å². The highest BCUT2D eigenvalue weighted by Gasteiger charge is 2.40. The van der Waals surface area contributed by atoms with Crippen molar-refractivity contribution in [3.8, 4) is 11.7 Å². The van der Waals surface area contributed by atoms with Crippen molar-refractivity contribution in [2.24, 2.45) is 0 Å². The summed E-state index contributed by atoms with van der Waals surface area (Å²) >= 11 is 0. The van der Waals surface area contributed by atoms with Crippen LogP contribution in [0.2, 0.25) is 0 Å². The first-order chi connectivity index (χ1) is 12.6. The van der Waals surface area contributed by atoms with Crippen LogP contribution < -0.4 is 10.1 Å². The van der Waals surface area contributed by atoms with E-state index in [1.54, 1.807) is 24.3 Å². The second-order valence-corrected chi connectivity index (χ2v) is 6.11. The van der Waals surface area contributed by atoms with Gasteiger partial charge in [-0.3, -0.25) is 14.4 Å². The molecule has 2 aliphatic rings. The van der Waals surface area contributed by atoms with Crippen LogP contribution in [0, 0.1) is 0 Å². The van der Waals surface area contributed by atoms with Crippen LogP contribution in [0.1, 0.15) is 10.6 Å². The summed E-state index contributed by atoms with van der Waals surface area (Å²) in [5.74, 6) is 0.244. The number of hydrogen-bond acceptors (Lipinski definition) is 5. The first kappa shape index (κ1) is 16.2. The molecule has 2 aromatic rings. The summed E-state index contributed by atoms with van der Waals surface area (Å²) in [4.78, 5) is 39.6. The zero-order chi connectivity index (χ0) is 18.1. The molecule has 1 N–H and O–H groups in total. The number of carbonyl (C=O) groups excluding carboxylic acids is 3. The van der Waals surface area contributed by atoms with Crippen molar-refractivity contribution in [1.82, 2.24) is 15.1 Å². The number of fused-ring (bicyclic) bond motifs is 1. The Labute approximate surface area is 149 Å². The van der Waals surface area contributed by atoms with E-state index < -0.39 is 6.04 Å². The number of nitrogens with one attached hydrogen (secondary N) is 1. The van der Waals surface area contributed by atoms with Crippen molar-refractivity contribution in [3.05, 3.63) is 48.2 Å². The van der Waals surface area contributed by atoms with Crippen LogP contribution >= 0.6 is 0 Å². The van der Waals surface area contributed by atoms with Gasteiger partial charge < -0.3 is 24.3 Å². The van der Waals surface area contributed by atoms with Gasteiger partial charge in [-0.15, -0.1) is 0 Å². The fourth-order valence-corrected chi connectivity index (χ4v) is 3.12. The molecule has 1 aromatic carbocycles. The average Bonchev–Trinajstić information content (AvgIpc) is 3.13. The number of hydrogen-bond donors (Lipinski definition) is 1. The van der Waals surface area contributed by atoms with Gasteiger partial charge in [0.1, 0.15) is 11.8 Å². The minimum Gasteiger partial charge on any atom is -0.426 e. The lowest BCUT2D eigenvalue weighted by molar-refractivity contribution is -0.148. The van der Waals surface area contributed by atoms with E-state index in [9.17, 15) is 14.4 Å². The predicted molar refractivity (Wildman–Crippen MR) is 89.6 cm³/mol. The smallest absolute Gasteiger partial charge is 0.290 e. The fraction of sp³-hybridized carbons (Fsp3) is 0.278. The molecule has 1 aromatic heterocycles. The van der Waals surface area contributed by atoms with Crippen molar-refractivity contribution in [1.29, 1.82) is 0 Å². The number of amides is 3. The highest BCUT2D eigenvalue weighted by atomic mass is 16.6. The van der Waals surface area contributed by atoms with Crippen LogP contribution in [0.3, 0.4) is 0 Å². The maximum Gasteiger partial charge on any atom is 0.290 e. The molecule has 4 rings (SSSR count). The third kappa shape index (κ3) is 3.01. The number of piperazine rings is 2. The van der Waals surface area contributed by atoms with Crippen LogP contribution in [-0.4, -0.2) is 59.7 Å². The van der Waals surface area contributed by atoms with Crippen molar-refractivity contribution in [3.63, 3.8) is 0 Å². The van der Waals surface area contributed by atoms with Crippen LogP contribution in [0.4, 0.5) is 0 Å². The van der Waals surface area contributed by atoms with Gasteiger partial charge in [0.15, 0.2) is 5.76 Å². The van der Waals surface area contributed by atoms with E-state index in [0.29, 0.717) is 18.8 Å².